The number of rotatable bonds is 3. The lowest BCUT2D eigenvalue weighted by Gasteiger charge is -2.21. The summed E-state index contributed by atoms with van der Waals surface area (Å²) in [6, 6.07) is 5.41. The van der Waals surface area contributed by atoms with Crippen LogP contribution in [0.1, 0.15) is 24.0 Å². The van der Waals surface area contributed by atoms with Crippen LogP contribution in [-0.2, 0) is 16.1 Å². The average Bonchev–Trinajstić information content (AvgIpc) is 2.37. The predicted octanol–water partition coefficient (Wildman–Crippen LogP) is 0.592. The molecule has 2 amide bonds. The van der Waals surface area contributed by atoms with E-state index in [0.29, 0.717) is 12.0 Å². The summed E-state index contributed by atoms with van der Waals surface area (Å²) in [4.78, 5) is 22.5. The molecule has 0 aliphatic carbocycles. The molecule has 0 saturated carbocycles. The molecule has 1 aliphatic rings. The Morgan fingerprint density at radius 2 is 2.21 bits per heavy atom. The molecule has 2 N–H and O–H groups in total. The summed E-state index contributed by atoms with van der Waals surface area (Å²) in [5, 5.41) is 13.9. The highest BCUT2D eigenvalue weighted by molar-refractivity contribution is 6.00. The van der Waals surface area contributed by atoms with E-state index < -0.39 is 11.9 Å². The van der Waals surface area contributed by atoms with Gasteiger partial charge in [0.25, 0.3) is 0 Å². The number of piperidine rings is 1. The molecule has 1 saturated heterocycles. The fraction of sp³-hybridized carbons (Fsp3) is 0.308. The van der Waals surface area contributed by atoms with Crippen LogP contribution in [0.2, 0.25) is 0 Å². The van der Waals surface area contributed by atoms with Gasteiger partial charge in [0, 0.05) is 13.0 Å². The number of imide groups is 1. The molecule has 1 heterocycles. The lowest BCUT2D eigenvalue weighted by Crippen LogP contribution is -2.50. The fourth-order valence-electron chi connectivity index (χ4n) is 1.95. The van der Waals surface area contributed by atoms with Crippen LogP contribution in [-0.4, -0.2) is 17.9 Å². The van der Waals surface area contributed by atoms with Crippen molar-refractivity contribution in [2.24, 2.45) is 0 Å². The van der Waals surface area contributed by atoms with E-state index in [1.54, 1.807) is 6.07 Å². The minimum Gasteiger partial charge on any atom is -0.302 e. The molecule has 0 spiro atoms. The number of hydrogen-bond acceptors (Lipinski definition) is 4. The maximum atomic E-state index is 13.2. The van der Waals surface area contributed by atoms with Crippen molar-refractivity contribution in [3.05, 3.63) is 35.1 Å². The topological polar surface area (TPSA) is 82.0 Å². The van der Waals surface area contributed by atoms with E-state index in [4.69, 9.17) is 5.26 Å². The monoisotopic (exact) mass is 261 g/mol. The lowest BCUT2D eigenvalue weighted by molar-refractivity contribution is -0.134. The van der Waals surface area contributed by atoms with Crippen LogP contribution in [0.3, 0.4) is 0 Å². The van der Waals surface area contributed by atoms with Gasteiger partial charge in [0.15, 0.2) is 0 Å². The largest absolute Gasteiger partial charge is 0.302 e. The van der Waals surface area contributed by atoms with E-state index in [9.17, 15) is 14.0 Å². The van der Waals surface area contributed by atoms with Crippen LogP contribution in [0.25, 0.3) is 0 Å². The summed E-state index contributed by atoms with van der Waals surface area (Å²) in [5.41, 5.74) is 0.821. The number of nitrogens with one attached hydrogen (secondary N) is 2. The number of carbonyl (C=O) groups is 2. The van der Waals surface area contributed by atoms with Crippen molar-refractivity contribution < 1.29 is 14.0 Å². The summed E-state index contributed by atoms with van der Waals surface area (Å²) in [6.07, 6.45) is 0.709. The molecule has 19 heavy (non-hydrogen) atoms. The molecule has 98 valence electrons. The van der Waals surface area contributed by atoms with Crippen LogP contribution >= 0.6 is 0 Å². The standard InChI is InChI=1S/C13H12FN3O2/c14-10-4-8(6-15)3-9(5-10)7-16-11-1-2-12(18)17-13(11)19/h3-5,11,16H,1-2,7H2,(H,17,18,19). The lowest BCUT2D eigenvalue weighted by atomic mass is 10.1. The molecule has 1 aromatic rings. The average molecular weight is 261 g/mol. The van der Waals surface area contributed by atoms with Crippen molar-refractivity contribution in [1.29, 1.82) is 5.26 Å². The zero-order valence-corrected chi connectivity index (χ0v) is 10.1. The van der Waals surface area contributed by atoms with E-state index in [2.05, 4.69) is 10.6 Å². The maximum Gasteiger partial charge on any atom is 0.243 e. The second kappa shape index (κ2) is 5.59. The Balaban J connectivity index is 1.99. The van der Waals surface area contributed by atoms with Gasteiger partial charge >= 0.3 is 0 Å². The highest BCUT2D eigenvalue weighted by Gasteiger charge is 2.25. The minimum absolute atomic E-state index is 0.236. The van der Waals surface area contributed by atoms with Gasteiger partial charge in [-0.1, -0.05) is 0 Å². The van der Waals surface area contributed by atoms with Crippen molar-refractivity contribution >= 4 is 11.8 Å². The van der Waals surface area contributed by atoms with Gasteiger partial charge in [-0.3, -0.25) is 14.9 Å². The van der Waals surface area contributed by atoms with Crippen molar-refractivity contribution in [3.63, 3.8) is 0 Å². The number of amides is 2. The second-order valence-electron chi connectivity index (χ2n) is 4.34. The first-order valence-corrected chi connectivity index (χ1v) is 5.85. The molecule has 1 unspecified atom stereocenters. The number of nitriles is 1. The van der Waals surface area contributed by atoms with Crippen molar-refractivity contribution in [1.82, 2.24) is 10.6 Å². The van der Waals surface area contributed by atoms with Gasteiger partial charge in [0.1, 0.15) is 5.82 Å². The van der Waals surface area contributed by atoms with Gasteiger partial charge in [-0.2, -0.15) is 5.26 Å². The van der Waals surface area contributed by atoms with Crippen molar-refractivity contribution in [2.75, 3.05) is 0 Å². The molecule has 5 nitrogen and oxygen atoms in total. The fourth-order valence-corrected chi connectivity index (χ4v) is 1.95. The first kappa shape index (κ1) is 13.2. The Labute approximate surface area is 109 Å². The Hall–Kier alpha value is -2.26. The van der Waals surface area contributed by atoms with Crippen LogP contribution in [0, 0.1) is 17.1 Å². The molecule has 1 atom stereocenters. The summed E-state index contributed by atoms with van der Waals surface area (Å²) < 4.78 is 13.2. The highest BCUT2D eigenvalue weighted by atomic mass is 19.1. The van der Waals surface area contributed by atoms with Crippen molar-refractivity contribution in [3.8, 4) is 6.07 Å². The highest BCUT2D eigenvalue weighted by Crippen LogP contribution is 2.10. The first-order valence-electron chi connectivity index (χ1n) is 5.85. The molecule has 6 heteroatoms. The van der Waals surface area contributed by atoms with Crippen LogP contribution in [0.4, 0.5) is 4.39 Å². The number of benzene rings is 1. The Morgan fingerprint density at radius 1 is 1.42 bits per heavy atom. The molecule has 1 aromatic carbocycles. The van der Waals surface area contributed by atoms with E-state index >= 15 is 0 Å². The number of halogens is 1. The smallest absolute Gasteiger partial charge is 0.243 e. The molecule has 1 aliphatic heterocycles. The quantitative estimate of drug-likeness (QED) is 0.780. The Morgan fingerprint density at radius 3 is 2.89 bits per heavy atom. The molecular weight excluding hydrogens is 249 g/mol. The molecule has 0 radical (unpaired) electrons. The first-order chi connectivity index (χ1) is 9.08. The summed E-state index contributed by atoms with van der Waals surface area (Å²) >= 11 is 0. The molecule has 2 rings (SSSR count). The van der Waals surface area contributed by atoms with Gasteiger partial charge < -0.3 is 5.32 Å². The number of carbonyl (C=O) groups excluding carboxylic acids is 2. The normalized spacial score (nSPS) is 18.8. The third-order valence-electron chi connectivity index (χ3n) is 2.88. The van der Waals surface area contributed by atoms with E-state index in [1.165, 1.54) is 6.07 Å². The van der Waals surface area contributed by atoms with Crippen molar-refractivity contribution in [2.45, 2.75) is 25.4 Å². The third-order valence-corrected chi connectivity index (χ3v) is 2.88. The van der Waals surface area contributed by atoms with Crippen LogP contribution in [0.15, 0.2) is 18.2 Å². The van der Waals surface area contributed by atoms with E-state index in [1.807, 2.05) is 6.07 Å². The second-order valence-corrected chi connectivity index (χ2v) is 4.34. The molecule has 0 bridgehead atoms. The molecule has 0 aromatic heterocycles. The predicted molar refractivity (Wildman–Crippen MR) is 64.1 cm³/mol. The van der Waals surface area contributed by atoms with Gasteiger partial charge in [-0.05, 0) is 30.2 Å². The van der Waals surface area contributed by atoms with Crippen LogP contribution < -0.4 is 10.6 Å². The maximum absolute atomic E-state index is 13.2. The summed E-state index contributed by atoms with van der Waals surface area (Å²) in [5.74, 6) is -1.13. The van der Waals surface area contributed by atoms with Gasteiger partial charge in [-0.25, -0.2) is 4.39 Å². The number of hydrogen-bond donors (Lipinski definition) is 2. The molecular formula is C13H12FN3O2. The molecule has 1 fully saturated rings. The SMILES string of the molecule is N#Cc1cc(F)cc(CNC2CCC(=O)NC2=O)c1. The summed E-state index contributed by atoms with van der Waals surface area (Å²) in [7, 11) is 0. The van der Waals surface area contributed by atoms with Gasteiger partial charge in [-0.15, -0.1) is 0 Å². The minimum atomic E-state index is -0.487. The van der Waals surface area contributed by atoms with E-state index in [0.717, 1.165) is 6.07 Å². The zero-order valence-electron chi connectivity index (χ0n) is 10.1. The number of nitrogens with zero attached hydrogens (tertiary/aromatic N) is 1. The van der Waals surface area contributed by atoms with E-state index in [-0.39, 0.29) is 30.3 Å². The zero-order chi connectivity index (χ0) is 13.8. The Bertz CT molecular complexity index is 565. The van der Waals surface area contributed by atoms with Crippen LogP contribution in [0.5, 0.6) is 0 Å². The summed E-state index contributed by atoms with van der Waals surface area (Å²) in [6.45, 7) is 0.263. The van der Waals surface area contributed by atoms with Gasteiger partial charge in [0.05, 0.1) is 17.7 Å². The Kier molecular flexibility index (Phi) is 3.88. The third kappa shape index (κ3) is 3.36. The van der Waals surface area contributed by atoms with Gasteiger partial charge in [0.2, 0.25) is 11.8 Å².